The Morgan fingerprint density at radius 3 is 0.857 bits per heavy atom. The summed E-state index contributed by atoms with van der Waals surface area (Å²) in [7, 11) is 4.50. The number of carbonyl (C=O) groups excluding carboxylic acids is 1. The third-order valence-electron chi connectivity index (χ3n) is 1.11. The van der Waals surface area contributed by atoms with Gasteiger partial charge in [-0.3, -0.25) is 6.79 Å². The first kappa shape index (κ1) is 37.4. The van der Waals surface area contributed by atoms with Crippen LogP contribution < -0.4 is 0 Å². The average Bonchev–Trinajstić information content (AvgIpc) is 3.24. The van der Waals surface area contributed by atoms with E-state index in [0.717, 1.165) is 0 Å². The van der Waals surface area contributed by atoms with Crippen molar-refractivity contribution in [2.45, 2.75) is 0 Å². The van der Waals surface area contributed by atoms with E-state index < -0.39 is 0 Å². The maximum absolute atomic E-state index is 7.75. The van der Waals surface area contributed by atoms with E-state index in [0.29, 0.717) is 0 Å². The van der Waals surface area contributed by atoms with E-state index >= 15 is 0 Å². The van der Waals surface area contributed by atoms with Crippen LogP contribution in [0.3, 0.4) is 0 Å². The van der Waals surface area contributed by atoms with Gasteiger partial charge in [0.05, 0.1) is 0 Å². The first-order valence-electron chi connectivity index (χ1n) is 4.67. The summed E-state index contributed by atoms with van der Waals surface area (Å²) in [6.07, 6.45) is 20.0. The maximum atomic E-state index is 7.75. The van der Waals surface area contributed by atoms with Gasteiger partial charge >= 0.3 is 39.7 Å². The van der Waals surface area contributed by atoms with Crippen molar-refractivity contribution >= 4 is 6.79 Å². The minimum Gasteiger partial charge on any atom is -0.557 e. The molecule has 116 valence electrons. The quantitative estimate of drug-likeness (QED) is 0.283. The minimum absolute atomic E-state index is 0. The van der Waals surface area contributed by atoms with Crippen LogP contribution in [-0.4, -0.2) is 13.9 Å². The molecule has 0 aromatic heterocycles. The van der Waals surface area contributed by atoms with E-state index in [9.17, 15) is 0 Å². The fourth-order valence-corrected chi connectivity index (χ4v) is 0.642. The maximum Gasteiger partial charge on any atom is 2.00 e. The van der Waals surface area contributed by atoms with E-state index in [1.165, 1.54) is 7.11 Å². The van der Waals surface area contributed by atoms with Crippen LogP contribution in [0.5, 0.6) is 0 Å². The van der Waals surface area contributed by atoms with Gasteiger partial charge in [-0.2, -0.15) is 0 Å². The zero-order valence-electron chi connectivity index (χ0n) is 11.4. The molecule has 0 N–H and O–H groups in total. The molecule has 4 nitrogen and oxygen atoms in total. The van der Waals surface area contributed by atoms with Gasteiger partial charge in [0, 0.05) is 17.1 Å². The molecule has 0 aromatic rings. The van der Waals surface area contributed by atoms with Gasteiger partial charge in [0.15, 0.2) is 0 Å². The van der Waals surface area contributed by atoms with E-state index in [4.69, 9.17) is 14.1 Å². The van der Waals surface area contributed by atoms with E-state index in [1.54, 1.807) is 0 Å². The third kappa shape index (κ3) is 64.4. The summed E-state index contributed by atoms with van der Waals surface area (Å²) >= 11 is 0. The molecule has 10 radical (unpaired) electrons. The topological polar surface area (TPSA) is 66.1 Å². The monoisotopic (exact) mass is 372 g/mol. The number of methoxy groups -OCH3 is 1. The van der Waals surface area contributed by atoms with Crippen LogP contribution in [0, 0.1) is 84.6 Å². The molecule has 2 fully saturated rings. The average molecular weight is 372 g/mol. The van der Waals surface area contributed by atoms with E-state index in [-0.39, 0.29) is 34.1 Å². The molecule has 0 atom stereocenters. The van der Waals surface area contributed by atoms with Crippen molar-refractivity contribution < 1.29 is 53.0 Å². The number of rotatable bonds is 0. The molecule has 0 heterocycles. The van der Waals surface area contributed by atoms with Gasteiger partial charge in [0.1, 0.15) is 0 Å². The van der Waals surface area contributed by atoms with Crippen molar-refractivity contribution in [2.24, 2.45) is 0 Å². The van der Waals surface area contributed by atoms with Crippen molar-refractivity contribution in [1.82, 2.24) is 0 Å². The molecule has 0 bridgehead atoms. The Labute approximate surface area is 151 Å². The third-order valence-corrected chi connectivity index (χ3v) is 1.11. The Bertz CT molecular complexity index is 125. The summed E-state index contributed by atoms with van der Waals surface area (Å²) < 4.78 is 19.0. The fraction of sp³-hybridized carbons (Fsp3) is 0.0667. The Morgan fingerprint density at radius 1 is 0.762 bits per heavy atom. The molecule has 2 saturated carbocycles. The van der Waals surface area contributed by atoms with Crippen LogP contribution in [0.15, 0.2) is 0 Å². The largest absolute Gasteiger partial charge is 2.00 e. The van der Waals surface area contributed by atoms with Gasteiger partial charge < -0.3 is 9.53 Å². The van der Waals surface area contributed by atoms with E-state index in [2.05, 4.69) is 31.9 Å². The Kier molecular flexibility index (Phi) is 106. The molecule has 2 aliphatic carbocycles. The van der Waals surface area contributed by atoms with Crippen LogP contribution in [0.25, 0.3) is 0 Å². The second-order valence-corrected chi connectivity index (χ2v) is 2.21. The predicted octanol–water partition coefficient (Wildman–Crippen LogP) is 2.11. The van der Waals surface area contributed by atoms with Crippen molar-refractivity contribution in [3.05, 3.63) is 84.6 Å². The SMILES string of the molecule is [C-]#[O+].[C-]#[O+].[CH-]=O.[CH2-]OC.[CH]1[CH][CH][CH][CH]1.[CH]1[CH][CH][CH][CH]1.[Fe+2].[Fe]. The number of ether oxygens (including phenoxy) is 1. The Balaban J connectivity index is -0.0000000335. The second-order valence-electron chi connectivity index (χ2n) is 2.21. The molecule has 0 aliphatic heterocycles. The van der Waals surface area contributed by atoms with E-state index in [1.807, 2.05) is 64.2 Å². The van der Waals surface area contributed by atoms with Gasteiger partial charge in [-0.25, -0.2) is 7.11 Å². The normalized spacial score (nSPS) is 12.7. The van der Waals surface area contributed by atoms with Crippen LogP contribution in [0.1, 0.15) is 0 Å². The van der Waals surface area contributed by atoms with Crippen molar-refractivity contribution in [3.63, 3.8) is 0 Å². The van der Waals surface area contributed by atoms with Crippen molar-refractivity contribution in [2.75, 3.05) is 7.11 Å². The fourth-order valence-electron chi connectivity index (χ4n) is 0.642. The number of hydrogen-bond donors (Lipinski definition) is 0. The number of hydrogen-bond acceptors (Lipinski definition) is 2. The van der Waals surface area contributed by atoms with Crippen LogP contribution in [0.4, 0.5) is 0 Å². The summed E-state index contributed by atoms with van der Waals surface area (Å²) in [4.78, 5) is 7.75. The molecule has 0 amide bonds. The van der Waals surface area contributed by atoms with Gasteiger partial charge in [0.2, 0.25) is 0 Å². The van der Waals surface area contributed by atoms with Gasteiger partial charge in [-0.05, 0) is 71.3 Å². The van der Waals surface area contributed by atoms with Crippen molar-refractivity contribution in [1.29, 1.82) is 0 Å². The second kappa shape index (κ2) is 59.4. The minimum atomic E-state index is 0. The van der Waals surface area contributed by atoms with Crippen LogP contribution in [-0.2, 0) is 53.0 Å². The van der Waals surface area contributed by atoms with Crippen LogP contribution >= 0.6 is 0 Å². The summed E-state index contributed by atoms with van der Waals surface area (Å²) in [5.41, 5.74) is 0. The van der Waals surface area contributed by atoms with Gasteiger partial charge in [0.25, 0.3) is 0 Å². The van der Waals surface area contributed by atoms with Crippen LogP contribution in [0.2, 0.25) is 0 Å². The van der Waals surface area contributed by atoms with Crippen molar-refractivity contribution in [3.8, 4) is 0 Å². The predicted molar refractivity (Wildman–Crippen MR) is 70.0 cm³/mol. The molecule has 0 saturated heterocycles. The molecule has 21 heavy (non-hydrogen) atoms. The molecular weight excluding hydrogens is 356 g/mol. The van der Waals surface area contributed by atoms with Gasteiger partial charge in [-0.1, -0.05) is 0 Å². The first-order valence-corrected chi connectivity index (χ1v) is 4.67. The molecular formula is C15H16Fe2O4. The molecule has 2 aliphatic rings. The first-order chi connectivity index (χ1) is 9.41. The molecule has 2 rings (SSSR count). The zero-order chi connectivity index (χ0) is 15.8. The summed E-state index contributed by atoms with van der Waals surface area (Å²) in [5, 5.41) is 0. The Morgan fingerprint density at radius 2 is 0.810 bits per heavy atom. The standard InChI is InChI=1S/2C5H5.C2H5O.CHO.2CO.2Fe/c2*1-2-4-5-3-1;1-3-2;3*1-2;;/h2*1-5H;1H2,2H3;1H;;;;/q;;2*-1;;;;+2. The molecule has 0 spiro atoms. The molecule has 0 aromatic carbocycles. The van der Waals surface area contributed by atoms with Gasteiger partial charge in [-0.15, -0.1) is 0 Å². The summed E-state index contributed by atoms with van der Waals surface area (Å²) in [6, 6.07) is 0. The smallest absolute Gasteiger partial charge is 0.557 e. The summed E-state index contributed by atoms with van der Waals surface area (Å²) in [6.45, 7) is 12.2. The summed E-state index contributed by atoms with van der Waals surface area (Å²) in [5.74, 6) is 0. The molecule has 0 unspecified atom stereocenters. The molecule has 6 heteroatoms. The Hall–Kier alpha value is 0.149. The zero-order valence-corrected chi connectivity index (χ0v) is 13.6.